The Labute approximate surface area is 162 Å². The highest BCUT2D eigenvalue weighted by Gasteiger charge is 2.13. The number of rotatable bonds is 5. The molecule has 0 saturated carbocycles. The van der Waals surface area contributed by atoms with Gasteiger partial charge >= 0.3 is 6.03 Å². The fourth-order valence-corrected chi connectivity index (χ4v) is 2.81. The highest BCUT2D eigenvalue weighted by atomic mass is 19.1. The molecule has 28 heavy (non-hydrogen) atoms. The van der Waals surface area contributed by atoms with Crippen molar-refractivity contribution in [2.24, 2.45) is 5.73 Å². The van der Waals surface area contributed by atoms with Gasteiger partial charge in [0.25, 0.3) is 0 Å². The first-order chi connectivity index (χ1) is 13.6. The van der Waals surface area contributed by atoms with E-state index in [1.54, 1.807) is 18.5 Å². The van der Waals surface area contributed by atoms with Gasteiger partial charge < -0.3 is 20.7 Å². The monoisotopic (exact) mass is 386 g/mol. The lowest BCUT2D eigenvalue weighted by molar-refractivity contribution is 0.122. The van der Waals surface area contributed by atoms with Gasteiger partial charge in [0.1, 0.15) is 11.3 Å². The highest BCUT2D eigenvalue weighted by molar-refractivity contribution is 5.78. The van der Waals surface area contributed by atoms with Crippen molar-refractivity contribution >= 4 is 11.8 Å². The molecule has 1 saturated heterocycles. The molecule has 1 aliphatic heterocycles. The second-order valence-corrected chi connectivity index (χ2v) is 6.31. The molecule has 0 aromatic carbocycles. The highest BCUT2D eigenvalue weighted by Crippen LogP contribution is 2.20. The maximum Gasteiger partial charge on any atom is 0.327 e. The van der Waals surface area contributed by atoms with Gasteiger partial charge in [0, 0.05) is 49.7 Å². The molecule has 0 radical (unpaired) electrons. The first kappa shape index (κ1) is 19.7. The predicted molar refractivity (Wildman–Crippen MR) is 104 cm³/mol. The number of carbonyl (C=O) groups is 1. The normalized spacial score (nSPS) is 14.8. The number of pyridine rings is 2. The molecule has 3 rings (SSSR count). The third-order valence-corrected chi connectivity index (χ3v) is 4.47. The molecule has 0 atom stereocenters. The predicted octanol–water partition coefficient (Wildman–Crippen LogP) is 1.24. The third kappa shape index (κ3) is 4.62. The van der Waals surface area contributed by atoms with Crippen LogP contribution in [0.15, 0.2) is 48.6 Å². The summed E-state index contributed by atoms with van der Waals surface area (Å²) in [4.78, 5) is 19.0. The van der Waals surface area contributed by atoms with Crippen LogP contribution < -0.4 is 21.4 Å². The molecule has 4 N–H and O–H groups in total. The Morgan fingerprint density at radius 2 is 2.04 bits per heavy atom. The van der Waals surface area contributed by atoms with Gasteiger partial charge in [-0.1, -0.05) is 0 Å². The van der Waals surface area contributed by atoms with E-state index < -0.39 is 6.03 Å². The molecule has 8 nitrogen and oxygen atoms in total. The fourth-order valence-electron chi connectivity index (χ4n) is 2.81. The number of hydrogen-bond donors (Lipinski definition) is 3. The van der Waals surface area contributed by atoms with E-state index >= 15 is 0 Å². The first-order valence-corrected chi connectivity index (χ1v) is 8.95. The summed E-state index contributed by atoms with van der Waals surface area (Å²) in [6, 6.07) is 6.61. The van der Waals surface area contributed by atoms with Gasteiger partial charge in [0.2, 0.25) is 0 Å². The molecule has 0 spiro atoms. The van der Waals surface area contributed by atoms with Gasteiger partial charge in [-0.15, -0.1) is 0 Å². The summed E-state index contributed by atoms with van der Waals surface area (Å²) in [7, 11) is 0. The number of nitrogens with two attached hydrogens (primary N) is 1. The molecule has 148 valence electrons. The maximum absolute atomic E-state index is 12.6. The second kappa shape index (κ2) is 9.25. The van der Waals surface area contributed by atoms with Crippen LogP contribution in [-0.2, 0) is 4.74 Å². The molecule has 0 bridgehead atoms. The number of halogens is 1. The smallest absolute Gasteiger partial charge is 0.327 e. The van der Waals surface area contributed by atoms with Gasteiger partial charge in [0.15, 0.2) is 0 Å². The number of amides is 1. The SMILES string of the molecule is N=c1ccc(-c2ccc(N3CCOCC3)nc2)cn1C(=O)NC/C(=C/F)CN. The lowest BCUT2D eigenvalue weighted by atomic mass is 10.1. The van der Waals surface area contributed by atoms with Gasteiger partial charge in [0.05, 0.1) is 19.5 Å². The summed E-state index contributed by atoms with van der Waals surface area (Å²) in [5.41, 5.74) is 7.23. The Kier molecular flexibility index (Phi) is 6.51. The Bertz CT molecular complexity index is 903. The van der Waals surface area contributed by atoms with E-state index in [4.69, 9.17) is 15.9 Å². The van der Waals surface area contributed by atoms with E-state index in [2.05, 4.69) is 15.2 Å². The lowest BCUT2D eigenvalue weighted by Crippen LogP contribution is -2.37. The van der Waals surface area contributed by atoms with E-state index in [9.17, 15) is 9.18 Å². The van der Waals surface area contributed by atoms with Crippen LogP contribution in [-0.4, -0.2) is 55.0 Å². The Hall–Kier alpha value is -3.04. The maximum atomic E-state index is 12.6. The van der Waals surface area contributed by atoms with Crippen LogP contribution in [0.25, 0.3) is 11.1 Å². The van der Waals surface area contributed by atoms with Crippen LogP contribution in [0.3, 0.4) is 0 Å². The van der Waals surface area contributed by atoms with E-state index in [0.717, 1.165) is 34.6 Å². The molecule has 1 aliphatic rings. The average Bonchev–Trinajstić information content (AvgIpc) is 2.75. The number of ether oxygens (including phenoxy) is 1. The van der Waals surface area contributed by atoms with E-state index in [-0.39, 0.29) is 24.2 Å². The fraction of sp³-hybridized carbons (Fsp3) is 0.316. The number of aromatic nitrogens is 2. The second-order valence-electron chi connectivity index (χ2n) is 6.31. The van der Waals surface area contributed by atoms with Crippen LogP contribution in [0.1, 0.15) is 0 Å². The van der Waals surface area contributed by atoms with Crippen molar-refractivity contribution in [3.05, 3.63) is 54.0 Å². The molecule has 2 aromatic heterocycles. The largest absolute Gasteiger partial charge is 0.378 e. The molecule has 2 aromatic rings. The first-order valence-electron chi connectivity index (χ1n) is 8.95. The van der Waals surface area contributed by atoms with Crippen molar-refractivity contribution in [2.45, 2.75) is 0 Å². The minimum atomic E-state index is -0.530. The van der Waals surface area contributed by atoms with Crippen molar-refractivity contribution in [1.82, 2.24) is 14.9 Å². The van der Waals surface area contributed by atoms with Crippen molar-refractivity contribution in [3.63, 3.8) is 0 Å². The number of morpholine rings is 1. The van der Waals surface area contributed by atoms with Crippen molar-refractivity contribution < 1.29 is 13.9 Å². The van der Waals surface area contributed by atoms with Crippen LogP contribution in [0, 0.1) is 5.41 Å². The quantitative estimate of drug-likeness (QED) is 0.716. The summed E-state index contributed by atoms with van der Waals surface area (Å²) < 4.78 is 19.1. The topological polar surface area (TPSA) is 109 Å². The van der Waals surface area contributed by atoms with Gasteiger partial charge in [-0.3, -0.25) is 9.98 Å². The number of nitrogens with zero attached hydrogens (tertiary/aromatic N) is 3. The Balaban J connectivity index is 1.77. The minimum Gasteiger partial charge on any atom is -0.378 e. The summed E-state index contributed by atoms with van der Waals surface area (Å²) in [6.07, 6.45) is 3.68. The molecule has 3 heterocycles. The summed E-state index contributed by atoms with van der Waals surface area (Å²) in [5.74, 6) is 0.877. The number of anilines is 1. The van der Waals surface area contributed by atoms with Crippen LogP contribution in [0.5, 0.6) is 0 Å². The van der Waals surface area contributed by atoms with Crippen LogP contribution >= 0.6 is 0 Å². The van der Waals surface area contributed by atoms with Crippen LogP contribution in [0.2, 0.25) is 0 Å². The molecular formula is C19H23FN6O2. The van der Waals surface area contributed by atoms with E-state index in [0.29, 0.717) is 19.5 Å². The zero-order valence-electron chi connectivity index (χ0n) is 15.4. The number of nitrogens with one attached hydrogen (secondary N) is 2. The molecule has 9 heteroatoms. The zero-order chi connectivity index (χ0) is 19.9. The van der Waals surface area contributed by atoms with Crippen molar-refractivity contribution in [3.8, 4) is 11.1 Å². The molecular weight excluding hydrogens is 363 g/mol. The summed E-state index contributed by atoms with van der Waals surface area (Å²) in [6.45, 7) is 2.98. The lowest BCUT2D eigenvalue weighted by Gasteiger charge is -2.27. The number of hydrogen-bond acceptors (Lipinski definition) is 6. The average molecular weight is 386 g/mol. The van der Waals surface area contributed by atoms with Crippen molar-refractivity contribution in [1.29, 1.82) is 5.41 Å². The molecule has 0 aliphatic carbocycles. The van der Waals surface area contributed by atoms with Gasteiger partial charge in [-0.05, 0) is 29.8 Å². The number of carbonyl (C=O) groups excluding carboxylic acids is 1. The molecule has 0 unspecified atom stereocenters. The van der Waals surface area contributed by atoms with Crippen molar-refractivity contribution in [2.75, 3.05) is 44.3 Å². The van der Waals surface area contributed by atoms with E-state index in [1.165, 1.54) is 6.07 Å². The summed E-state index contributed by atoms with van der Waals surface area (Å²) in [5, 5.41) is 10.5. The van der Waals surface area contributed by atoms with E-state index in [1.807, 2.05) is 12.1 Å². The van der Waals surface area contributed by atoms with Gasteiger partial charge in [-0.25, -0.2) is 14.2 Å². The Morgan fingerprint density at radius 1 is 1.29 bits per heavy atom. The zero-order valence-corrected chi connectivity index (χ0v) is 15.4. The van der Waals surface area contributed by atoms with Crippen LogP contribution in [0.4, 0.5) is 15.0 Å². The standard InChI is InChI=1S/C19H23FN6O2/c20-9-14(10-21)11-24-19(27)26-13-16(1-3-17(26)22)15-2-4-18(23-12-15)25-5-7-28-8-6-25/h1-4,9,12-13,22H,5-8,10-11,21H2,(H,24,27)/b14-9+,22-17?. The third-order valence-electron chi connectivity index (χ3n) is 4.47. The molecule has 1 amide bonds. The molecule has 1 fully saturated rings. The minimum absolute atomic E-state index is 0.0103. The van der Waals surface area contributed by atoms with Gasteiger partial charge in [-0.2, -0.15) is 0 Å². The summed E-state index contributed by atoms with van der Waals surface area (Å²) >= 11 is 0. The Morgan fingerprint density at radius 3 is 2.68 bits per heavy atom.